The number of methoxy groups -OCH3 is 1. The quantitative estimate of drug-likeness (QED) is 0.467. The van der Waals surface area contributed by atoms with E-state index in [1.54, 1.807) is 19.4 Å². The molecule has 1 aliphatic heterocycles. The Morgan fingerprint density at radius 3 is 2.58 bits per heavy atom. The third kappa shape index (κ3) is 4.96. The fourth-order valence-electron chi connectivity index (χ4n) is 3.69. The van der Waals surface area contributed by atoms with Crippen molar-refractivity contribution in [3.8, 4) is 11.5 Å². The third-order valence-electron chi connectivity index (χ3n) is 5.16. The molecule has 0 spiro atoms. The molecule has 0 bridgehead atoms. The predicted molar refractivity (Wildman–Crippen MR) is 131 cm³/mol. The molecule has 33 heavy (non-hydrogen) atoms. The highest BCUT2D eigenvalue weighted by Gasteiger charge is 2.35. The topological polar surface area (TPSA) is 85.8 Å². The predicted octanol–water partition coefficient (Wildman–Crippen LogP) is 3.48. The number of thiocarbonyl (C=S) groups is 1. The largest absolute Gasteiger partial charge is 0.493 e. The summed E-state index contributed by atoms with van der Waals surface area (Å²) in [6, 6.07) is 20.2. The van der Waals surface area contributed by atoms with Crippen LogP contribution in [0.3, 0.4) is 0 Å². The summed E-state index contributed by atoms with van der Waals surface area (Å²) in [6.07, 6.45) is 1.75. The van der Waals surface area contributed by atoms with Crippen molar-refractivity contribution in [2.45, 2.75) is 13.0 Å². The van der Waals surface area contributed by atoms with Gasteiger partial charge in [0.25, 0.3) is 5.82 Å². The molecule has 0 saturated carbocycles. The maximum atomic E-state index is 13.6. The zero-order chi connectivity index (χ0) is 23.2. The van der Waals surface area contributed by atoms with Gasteiger partial charge in [-0.15, -0.1) is 0 Å². The second-order valence-corrected chi connectivity index (χ2v) is 7.67. The van der Waals surface area contributed by atoms with E-state index in [9.17, 15) is 4.79 Å². The van der Waals surface area contributed by atoms with Gasteiger partial charge < -0.3 is 20.1 Å². The van der Waals surface area contributed by atoms with E-state index < -0.39 is 6.04 Å². The van der Waals surface area contributed by atoms with Gasteiger partial charge in [0.2, 0.25) is 0 Å². The van der Waals surface area contributed by atoms with Crippen molar-refractivity contribution in [2.24, 2.45) is 0 Å². The van der Waals surface area contributed by atoms with Crippen molar-refractivity contribution in [1.29, 1.82) is 0 Å². The molecule has 7 nitrogen and oxygen atoms in total. The molecule has 1 amide bonds. The molecule has 2 heterocycles. The minimum absolute atomic E-state index is 0.267. The zero-order valence-corrected chi connectivity index (χ0v) is 19.2. The number of hydrogen-bond acceptors (Lipinski definition) is 4. The molecule has 1 aromatic heterocycles. The van der Waals surface area contributed by atoms with Gasteiger partial charge in [-0.1, -0.05) is 42.5 Å². The van der Waals surface area contributed by atoms with Crippen LogP contribution in [0, 0.1) is 0 Å². The summed E-state index contributed by atoms with van der Waals surface area (Å²) in [7, 11) is 1.59. The van der Waals surface area contributed by atoms with Gasteiger partial charge in [-0.2, -0.15) is 0 Å². The molecular formula is C25H25N4O3S+. The number of carbonyl (C=O) groups excluding carboxylic acids is 1. The van der Waals surface area contributed by atoms with Gasteiger partial charge in [0, 0.05) is 6.07 Å². The van der Waals surface area contributed by atoms with Gasteiger partial charge in [-0.25, -0.2) is 15.1 Å². The van der Waals surface area contributed by atoms with Gasteiger partial charge >= 0.3 is 5.91 Å². The number of aromatic amines is 1. The lowest BCUT2D eigenvalue weighted by Gasteiger charge is -2.31. The molecule has 4 N–H and O–H groups in total. The summed E-state index contributed by atoms with van der Waals surface area (Å²) in [5.41, 5.74) is 2.81. The minimum atomic E-state index is -0.512. The number of aromatic nitrogens is 1. The molecule has 8 heteroatoms. The van der Waals surface area contributed by atoms with Crippen LogP contribution in [0.5, 0.6) is 11.5 Å². The smallest absolute Gasteiger partial charge is 0.339 e. The maximum absolute atomic E-state index is 13.6. The Morgan fingerprint density at radius 1 is 1.09 bits per heavy atom. The van der Waals surface area contributed by atoms with E-state index in [2.05, 4.69) is 20.9 Å². The lowest BCUT2D eigenvalue weighted by atomic mass is 9.92. The first-order chi connectivity index (χ1) is 16.1. The Hall–Kier alpha value is -3.91. The number of anilines is 1. The molecule has 1 unspecified atom stereocenters. The summed E-state index contributed by atoms with van der Waals surface area (Å²) in [6.45, 7) is 2.43. The van der Waals surface area contributed by atoms with Crippen LogP contribution in [0.2, 0.25) is 0 Å². The van der Waals surface area contributed by atoms with Crippen LogP contribution in [-0.2, 0) is 4.79 Å². The number of ether oxygens (including phenoxy) is 2. The van der Waals surface area contributed by atoms with E-state index in [1.165, 1.54) is 0 Å². The normalized spacial score (nSPS) is 15.3. The summed E-state index contributed by atoms with van der Waals surface area (Å²) >= 11 is 5.51. The Morgan fingerprint density at radius 2 is 1.88 bits per heavy atom. The van der Waals surface area contributed by atoms with Crippen LogP contribution >= 0.6 is 12.2 Å². The van der Waals surface area contributed by atoms with E-state index in [0.29, 0.717) is 40.3 Å². The first kappa shape index (κ1) is 22.3. The number of carbonyl (C=O) groups is 1. The van der Waals surface area contributed by atoms with E-state index in [0.717, 1.165) is 11.1 Å². The number of H-pyrrole nitrogens is 1. The summed E-state index contributed by atoms with van der Waals surface area (Å²) in [4.78, 5) is 16.6. The first-order valence-corrected chi connectivity index (χ1v) is 11.0. The minimum Gasteiger partial charge on any atom is -0.493 e. The number of benzene rings is 2. The van der Waals surface area contributed by atoms with Crippen molar-refractivity contribution >= 4 is 34.8 Å². The average Bonchev–Trinajstić information content (AvgIpc) is 2.85. The Kier molecular flexibility index (Phi) is 6.85. The van der Waals surface area contributed by atoms with E-state index in [1.807, 2.05) is 67.6 Å². The maximum Gasteiger partial charge on any atom is 0.339 e. The molecule has 4 rings (SSSR count). The van der Waals surface area contributed by atoms with Crippen LogP contribution < -0.4 is 30.4 Å². The number of hydrogen-bond donors (Lipinski definition) is 3. The highest BCUT2D eigenvalue weighted by atomic mass is 32.1. The van der Waals surface area contributed by atoms with Gasteiger partial charge in [0.05, 0.1) is 37.2 Å². The van der Waals surface area contributed by atoms with Crippen LogP contribution in [0.1, 0.15) is 24.1 Å². The SMILES string of the molecule is CCOc1ccc(C2NC(=S)NC(c3ccccc3)=C2C(=O)Nc2cccc[nH+]2)cc1OC. The number of pyridine rings is 1. The van der Waals surface area contributed by atoms with Crippen molar-refractivity contribution in [2.75, 3.05) is 19.0 Å². The molecule has 0 saturated heterocycles. The fraction of sp³-hybridized carbons (Fsp3) is 0.160. The van der Waals surface area contributed by atoms with Crippen LogP contribution in [-0.4, -0.2) is 24.7 Å². The van der Waals surface area contributed by atoms with Gasteiger partial charge in [-0.3, -0.25) is 0 Å². The molecule has 0 aliphatic carbocycles. The van der Waals surface area contributed by atoms with E-state index in [-0.39, 0.29) is 5.91 Å². The standard InChI is InChI=1S/C25H24N4O3S/c1-3-32-18-13-12-17(15-19(18)31-2)23-21(24(30)27-20-11-7-8-14-26-20)22(28-25(33)29-23)16-9-5-4-6-10-16/h4-15,23H,3H2,1-2H3,(H,26,27,30)(H2,28,29,33)/p+1. The number of rotatable bonds is 7. The van der Waals surface area contributed by atoms with Crippen molar-refractivity contribution in [3.05, 3.63) is 89.6 Å². The molecule has 3 aromatic rings. The van der Waals surface area contributed by atoms with Gasteiger partial charge in [-0.05, 0) is 48.5 Å². The van der Waals surface area contributed by atoms with E-state index in [4.69, 9.17) is 21.7 Å². The van der Waals surface area contributed by atoms with Crippen molar-refractivity contribution < 1.29 is 19.3 Å². The molecule has 0 radical (unpaired) electrons. The fourth-order valence-corrected chi connectivity index (χ4v) is 3.91. The Labute approximate surface area is 197 Å². The summed E-state index contributed by atoms with van der Waals surface area (Å²) < 4.78 is 11.2. The molecule has 0 fully saturated rings. The molecule has 1 aliphatic rings. The molecule has 168 valence electrons. The molecule has 1 atom stereocenters. The van der Waals surface area contributed by atoms with Gasteiger partial charge in [0.15, 0.2) is 16.6 Å². The second-order valence-electron chi connectivity index (χ2n) is 7.26. The molecule has 2 aromatic carbocycles. The number of amides is 1. The monoisotopic (exact) mass is 461 g/mol. The second kappa shape index (κ2) is 10.1. The Bertz CT molecular complexity index is 1180. The molecular weight excluding hydrogens is 436 g/mol. The third-order valence-corrected chi connectivity index (χ3v) is 5.38. The van der Waals surface area contributed by atoms with Crippen LogP contribution in [0.4, 0.5) is 5.82 Å². The number of nitrogens with one attached hydrogen (secondary N) is 4. The first-order valence-electron chi connectivity index (χ1n) is 10.6. The van der Waals surface area contributed by atoms with Gasteiger partial charge in [0.1, 0.15) is 0 Å². The van der Waals surface area contributed by atoms with Crippen LogP contribution in [0.15, 0.2) is 78.5 Å². The van der Waals surface area contributed by atoms with Crippen molar-refractivity contribution in [3.63, 3.8) is 0 Å². The zero-order valence-electron chi connectivity index (χ0n) is 18.3. The Balaban J connectivity index is 1.83. The highest BCUT2D eigenvalue weighted by Crippen LogP contribution is 2.36. The lowest BCUT2D eigenvalue weighted by molar-refractivity contribution is -0.360. The summed E-state index contributed by atoms with van der Waals surface area (Å²) in [5, 5.41) is 9.81. The van der Waals surface area contributed by atoms with E-state index >= 15 is 0 Å². The summed E-state index contributed by atoms with van der Waals surface area (Å²) in [5.74, 6) is 1.53. The average molecular weight is 462 g/mol. The lowest BCUT2D eigenvalue weighted by Crippen LogP contribution is -2.46. The highest BCUT2D eigenvalue weighted by molar-refractivity contribution is 7.80. The van der Waals surface area contributed by atoms with Crippen molar-refractivity contribution in [1.82, 2.24) is 10.6 Å². The van der Waals surface area contributed by atoms with Crippen LogP contribution in [0.25, 0.3) is 5.70 Å².